The number of aliphatic carboxylic acids is 1. The van der Waals surface area contributed by atoms with E-state index in [0.29, 0.717) is 48.2 Å². The van der Waals surface area contributed by atoms with Crippen molar-refractivity contribution < 1.29 is 27.8 Å². The number of carboxylic acid groups (broad SMARTS) is 1. The quantitative estimate of drug-likeness (QED) is 0.442. The average molecular weight is 533 g/mol. The summed E-state index contributed by atoms with van der Waals surface area (Å²) >= 11 is 1.39. The molecule has 4 rings (SSSR count). The van der Waals surface area contributed by atoms with Crippen molar-refractivity contribution in [3.8, 4) is 22.1 Å². The number of hydrogen-bond donors (Lipinski definition) is 1. The zero-order chi connectivity index (χ0) is 25.9. The van der Waals surface area contributed by atoms with Crippen molar-refractivity contribution in [2.75, 3.05) is 37.7 Å². The van der Waals surface area contributed by atoms with E-state index in [-0.39, 0.29) is 11.0 Å². The molecule has 2 heterocycles. The molecule has 3 aromatic rings. The molecule has 0 bridgehead atoms. The monoisotopic (exact) mass is 532 g/mol. The lowest BCUT2D eigenvalue weighted by Gasteiger charge is -2.35. The van der Waals surface area contributed by atoms with Crippen molar-refractivity contribution in [1.82, 2.24) is 14.5 Å². The summed E-state index contributed by atoms with van der Waals surface area (Å²) in [6.45, 7) is 6.76. The van der Waals surface area contributed by atoms with Crippen LogP contribution in [0.2, 0.25) is 0 Å². The second-order valence-corrected chi connectivity index (χ2v) is 11.6. The molecule has 0 atom stereocenters. The third-order valence-electron chi connectivity index (χ3n) is 5.51. The van der Waals surface area contributed by atoms with Crippen LogP contribution in [0.3, 0.4) is 0 Å². The number of carbonyl (C=O) groups is 1. The summed E-state index contributed by atoms with van der Waals surface area (Å²) in [7, 11) is -3.63. The highest BCUT2D eigenvalue weighted by molar-refractivity contribution is 7.89. The van der Waals surface area contributed by atoms with Crippen LogP contribution in [0.1, 0.15) is 18.9 Å². The highest BCUT2D eigenvalue weighted by Gasteiger charge is 2.29. The minimum Gasteiger partial charge on any atom is -0.491 e. The van der Waals surface area contributed by atoms with Gasteiger partial charge in [0.05, 0.1) is 16.6 Å². The van der Waals surface area contributed by atoms with Crippen LogP contribution in [0.25, 0.3) is 10.6 Å². The predicted octanol–water partition coefficient (Wildman–Crippen LogP) is 3.28. The molecule has 2 aromatic carbocycles. The van der Waals surface area contributed by atoms with Gasteiger partial charge in [0.1, 0.15) is 16.5 Å². The minimum absolute atomic E-state index is 0.00648. The number of anilines is 1. The van der Waals surface area contributed by atoms with E-state index in [4.69, 9.17) is 14.6 Å². The van der Waals surface area contributed by atoms with Crippen molar-refractivity contribution in [2.24, 2.45) is 0 Å². The number of sulfonamides is 1. The largest absolute Gasteiger partial charge is 0.491 e. The molecule has 1 N–H and O–H groups in total. The van der Waals surface area contributed by atoms with Crippen LogP contribution in [-0.4, -0.2) is 72.9 Å². The molecule has 12 heteroatoms. The minimum atomic E-state index is -3.63. The maximum Gasteiger partial charge on any atom is 0.341 e. The van der Waals surface area contributed by atoms with Crippen molar-refractivity contribution >= 4 is 33.0 Å². The average Bonchev–Trinajstić information content (AvgIpc) is 3.28. The first kappa shape index (κ1) is 25.9. The molecule has 1 saturated heterocycles. The molecule has 0 radical (unpaired) electrons. The van der Waals surface area contributed by atoms with Gasteiger partial charge >= 0.3 is 5.97 Å². The molecule has 1 aromatic heterocycles. The summed E-state index contributed by atoms with van der Waals surface area (Å²) in [6.07, 6.45) is 0.00648. The molecule has 192 valence electrons. The van der Waals surface area contributed by atoms with Gasteiger partial charge in [-0.25, -0.2) is 13.2 Å². The van der Waals surface area contributed by atoms with Crippen molar-refractivity contribution in [3.63, 3.8) is 0 Å². The first-order valence-electron chi connectivity index (χ1n) is 11.4. The van der Waals surface area contributed by atoms with Gasteiger partial charge in [-0.1, -0.05) is 11.3 Å². The van der Waals surface area contributed by atoms with Crippen LogP contribution in [-0.2, 0) is 14.8 Å². The Morgan fingerprint density at radius 3 is 2.36 bits per heavy atom. The van der Waals surface area contributed by atoms with Crippen LogP contribution in [0.4, 0.5) is 5.69 Å². The van der Waals surface area contributed by atoms with Gasteiger partial charge in [0.25, 0.3) is 0 Å². The van der Waals surface area contributed by atoms with Gasteiger partial charge in [-0.3, -0.25) is 0 Å². The van der Waals surface area contributed by atoms with Crippen LogP contribution in [0.15, 0.2) is 47.4 Å². The SMILES string of the molecule is Cc1nnc(-c2ccc(N3CCN(S(=O)(=O)c4ccc(OC(C)C)cc4)CC3)cc2OCC(=O)O)s1. The molecular weight excluding hydrogens is 504 g/mol. The third-order valence-corrected chi connectivity index (χ3v) is 8.29. The van der Waals surface area contributed by atoms with Crippen molar-refractivity contribution in [2.45, 2.75) is 31.8 Å². The van der Waals surface area contributed by atoms with Crippen LogP contribution in [0.5, 0.6) is 11.5 Å². The van der Waals surface area contributed by atoms with E-state index in [1.165, 1.54) is 15.6 Å². The van der Waals surface area contributed by atoms with E-state index in [1.807, 2.05) is 37.8 Å². The van der Waals surface area contributed by atoms with Gasteiger partial charge in [-0.05, 0) is 57.2 Å². The van der Waals surface area contributed by atoms with Gasteiger partial charge in [0, 0.05) is 37.9 Å². The summed E-state index contributed by atoms with van der Waals surface area (Å²) in [5.41, 5.74) is 1.48. The van der Waals surface area contributed by atoms with E-state index in [1.54, 1.807) is 30.3 Å². The Hall–Kier alpha value is -3.22. The number of rotatable bonds is 9. The lowest BCUT2D eigenvalue weighted by molar-refractivity contribution is -0.139. The molecule has 10 nitrogen and oxygen atoms in total. The second-order valence-electron chi connectivity index (χ2n) is 8.52. The first-order chi connectivity index (χ1) is 17.1. The zero-order valence-electron chi connectivity index (χ0n) is 20.2. The lowest BCUT2D eigenvalue weighted by Crippen LogP contribution is -2.48. The molecule has 0 unspecified atom stereocenters. The Balaban J connectivity index is 1.48. The lowest BCUT2D eigenvalue weighted by atomic mass is 10.1. The molecule has 0 spiro atoms. The van der Waals surface area contributed by atoms with Gasteiger partial charge in [0.2, 0.25) is 10.0 Å². The highest BCUT2D eigenvalue weighted by Crippen LogP contribution is 2.36. The Kier molecular flexibility index (Phi) is 7.76. The first-order valence-corrected chi connectivity index (χ1v) is 13.7. The second kappa shape index (κ2) is 10.8. The predicted molar refractivity (Wildman–Crippen MR) is 136 cm³/mol. The molecule has 0 saturated carbocycles. The fourth-order valence-corrected chi connectivity index (χ4v) is 5.99. The molecule has 1 aliphatic rings. The fraction of sp³-hybridized carbons (Fsp3) is 0.375. The number of aromatic nitrogens is 2. The van der Waals surface area contributed by atoms with Gasteiger partial charge in [0.15, 0.2) is 11.6 Å². The van der Waals surface area contributed by atoms with E-state index in [9.17, 15) is 13.2 Å². The number of piperazine rings is 1. The number of hydrogen-bond acceptors (Lipinski definition) is 9. The topological polar surface area (TPSA) is 122 Å². The van der Waals surface area contributed by atoms with Crippen molar-refractivity contribution in [1.29, 1.82) is 0 Å². The number of nitrogens with zero attached hydrogens (tertiary/aromatic N) is 4. The van der Waals surface area contributed by atoms with Gasteiger partial charge in [-0.2, -0.15) is 4.31 Å². The Bertz CT molecular complexity index is 1320. The number of ether oxygens (including phenoxy) is 2. The molecule has 1 aliphatic heterocycles. The maximum absolute atomic E-state index is 13.1. The van der Waals surface area contributed by atoms with Gasteiger partial charge in [-0.15, -0.1) is 10.2 Å². The summed E-state index contributed by atoms with van der Waals surface area (Å²) in [6, 6.07) is 12.0. The third kappa shape index (κ3) is 5.94. The normalized spacial score (nSPS) is 14.7. The zero-order valence-corrected chi connectivity index (χ0v) is 21.9. The van der Waals surface area contributed by atoms with E-state index >= 15 is 0 Å². The standard InChI is InChI=1S/C24H28N4O6S2/c1-16(2)34-19-5-7-20(8-6-19)36(31,32)28-12-10-27(11-13-28)18-4-9-21(24-26-25-17(3)35-24)22(14-18)33-15-23(29)30/h4-9,14,16H,10-13,15H2,1-3H3,(H,29,30). The number of benzene rings is 2. The van der Waals surface area contributed by atoms with Gasteiger partial charge < -0.3 is 19.5 Å². The van der Waals surface area contributed by atoms with E-state index in [2.05, 4.69) is 10.2 Å². The number of carboxylic acids is 1. The number of aryl methyl sites for hydroxylation is 1. The molecule has 0 aliphatic carbocycles. The molecule has 0 amide bonds. The summed E-state index contributed by atoms with van der Waals surface area (Å²) < 4.78 is 38.9. The Morgan fingerprint density at radius 2 is 1.78 bits per heavy atom. The maximum atomic E-state index is 13.1. The molecular formula is C24H28N4O6S2. The highest BCUT2D eigenvalue weighted by atomic mass is 32.2. The summed E-state index contributed by atoms with van der Waals surface area (Å²) in [5.74, 6) is -0.0611. The van der Waals surface area contributed by atoms with E-state index in [0.717, 1.165) is 10.7 Å². The smallest absolute Gasteiger partial charge is 0.341 e. The van der Waals surface area contributed by atoms with Crippen LogP contribution >= 0.6 is 11.3 Å². The van der Waals surface area contributed by atoms with Crippen molar-refractivity contribution in [3.05, 3.63) is 47.5 Å². The molecule has 36 heavy (non-hydrogen) atoms. The fourth-order valence-electron chi connectivity index (χ4n) is 3.85. The summed E-state index contributed by atoms with van der Waals surface area (Å²) in [5, 5.41) is 18.7. The summed E-state index contributed by atoms with van der Waals surface area (Å²) in [4.78, 5) is 13.4. The molecule has 1 fully saturated rings. The Morgan fingerprint density at radius 1 is 1.08 bits per heavy atom. The van der Waals surface area contributed by atoms with E-state index < -0.39 is 22.6 Å². The van der Waals surface area contributed by atoms with Crippen LogP contribution in [0, 0.1) is 6.92 Å². The Labute approximate surface area is 214 Å². The van der Waals surface area contributed by atoms with Crippen LogP contribution < -0.4 is 14.4 Å².